The van der Waals surface area contributed by atoms with Crippen LogP contribution in [0.2, 0.25) is 0 Å². The van der Waals surface area contributed by atoms with Gasteiger partial charge in [-0.1, -0.05) is 0 Å². The molecule has 3 heteroatoms. The largest absolute Gasteiger partial charge is 0.381 e. The Hall–Kier alpha value is -0.120. The molecule has 0 radical (unpaired) electrons. The summed E-state index contributed by atoms with van der Waals surface area (Å²) in [5, 5.41) is 6.81. The van der Waals surface area contributed by atoms with Gasteiger partial charge in [-0.15, -0.1) is 0 Å². The van der Waals surface area contributed by atoms with Crippen molar-refractivity contribution in [3.8, 4) is 0 Å². The topological polar surface area (TPSA) is 33.3 Å². The van der Waals surface area contributed by atoms with Crippen molar-refractivity contribution in [2.24, 2.45) is 11.8 Å². The normalized spacial score (nSPS) is 29.1. The zero-order valence-electron chi connectivity index (χ0n) is 8.22. The Labute approximate surface area is 80.2 Å². The Kier molecular flexibility index (Phi) is 3.58. The molecule has 0 bridgehead atoms. The van der Waals surface area contributed by atoms with Gasteiger partial charge in [0.15, 0.2) is 0 Å². The molecular weight excluding hydrogens is 164 g/mol. The fourth-order valence-corrected chi connectivity index (χ4v) is 1.91. The Morgan fingerprint density at radius 3 is 2.85 bits per heavy atom. The number of nitrogens with one attached hydrogen (secondary N) is 2. The average Bonchev–Trinajstić information content (AvgIpc) is 2.53. The van der Waals surface area contributed by atoms with Crippen LogP contribution in [0, 0.1) is 11.8 Å². The van der Waals surface area contributed by atoms with Gasteiger partial charge in [-0.2, -0.15) is 0 Å². The van der Waals surface area contributed by atoms with Gasteiger partial charge in [-0.3, -0.25) is 0 Å². The first-order valence-electron chi connectivity index (χ1n) is 5.44. The van der Waals surface area contributed by atoms with Gasteiger partial charge >= 0.3 is 0 Å². The zero-order valence-corrected chi connectivity index (χ0v) is 8.22. The van der Waals surface area contributed by atoms with Crippen LogP contribution in [0.1, 0.15) is 12.8 Å². The molecule has 2 saturated heterocycles. The van der Waals surface area contributed by atoms with E-state index >= 15 is 0 Å². The molecule has 0 spiro atoms. The van der Waals surface area contributed by atoms with Crippen molar-refractivity contribution >= 4 is 0 Å². The molecule has 2 fully saturated rings. The van der Waals surface area contributed by atoms with Crippen LogP contribution < -0.4 is 10.6 Å². The smallest absolute Gasteiger partial charge is 0.0507 e. The zero-order chi connectivity index (χ0) is 8.93. The van der Waals surface area contributed by atoms with Gasteiger partial charge in [0.25, 0.3) is 0 Å². The van der Waals surface area contributed by atoms with E-state index in [-0.39, 0.29) is 0 Å². The lowest BCUT2D eigenvalue weighted by molar-refractivity contribution is 0.185. The van der Waals surface area contributed by atoms with Crippen molar-refractivity contribution in [3.05, 3.63) is 0 Å². The van der Waals surface area contributed by atoms with E-state index in [1.165, 1.54) is 32.5 Å². The van der Waals surface area contributed by atoms with Gasteiger partial charge in [-0.05, 0) is 44.3 Å². The summed E-state index contributed by atoms with van der Waals surface area (Å²) in [6, 6.07) is 0. The van der Waals surface area contributed by atoms with Gasteiger partial charge in [0.05, 0.1) is 6.61 Å². The van der Waals surface area contributed by atoms with E-state index < -0.39 is 0 Å². The second kappa shape index (κ2) is 4.94. The summed E-state index contributed by atoms with van der Waals surface area (Å²) in [7, 11) is 0. The molecule has 76 valence electrons. The summed E-state index contributed by atoms with van der Waals surface area (Å²) >= 11 is 0. The van der Waals surface area contributed by atoms with E-state index in [9.17, 15) is 0 Å². The number of hydrogen-bond acceptors (Lipinski definition) is 3. The standard InChI is InChI=1S/C10H20N2O/c1(9-5-12-6-9)3-11-7-10-2-4-13-8-10/h9-12H,1-8H2. The molecule has 2 aliphatic rings. The monoisotopic (exact) mass is 184 g/mol. The van der Waals surface area contributed by atoms with Crippen LogP contribution in [-0.4, -0.2) is 39.4 Å². The first kappa shape index (κ1) is 9.44. The van der Waals surface area contributed by atoms with E-state index in [4.69, 9.17) is 4.74 Å². The summed E-state index contributed by atoms with van der Waals surface area (Å²) < 4.78 is 5.32. The molecule has 2 aliphatic heterocycles. The molecular formula is C10H20N2O. The quantitative estimate of drug-likeness (QED) is 0.600. The summed E-state index contributed by atoms with van der Waals surface area (Å²) in [4.78, 5) is 0. The first-order chi connectivity index (χ1) is 6.45. The van der Waals surface area contributed by atoms with Gasteiger partial charge in [0, 0.05) is 13.2 Å². The molecule has 2 rings (SSSR count). The summed E-state index contributed by atoms with van der Waals surface area (Å²) in [6.45, 7) is 6.74. The van der Waals surface area contributed by atoms with Crippen molar-refractivity contribution in [1.29, 1.82) is 0 Å². The number of hydrogen-bond donors (Lipinski definition) is 2. The average molecular weight is 184 g/mol. The number of ether oxygens (including phenoxy) is 1. The van der Waals surface area contributed by atoms with E-state index in [1.54, 1.807) is 0 Å². The summed E-state index contributed by atoms with van der Waals surface area (Å²) in [6.07, 6.45) is 2.58. The maximum absolute atomic E-state index is 5.32. The molecule has 0 aliphatic carbocycles. The van der Waals surface area contributed by atoms with Crippen LogP contribution in [0.3, 0.4) is 0 Å². The number of rotatable bonds is 5. The molecule has 2 heterocycles. The fourth-order valence-electron chi connectivity index (χ4n) is 1.91. The van der Waals surface area contributed by atoms with E-state index in [1.807, 2.05) is 0 Å². The van der Waals surface area contributed by atoms with E-state index in [0.29, 0.717) is 0 Å². The lowest BCUT2D eigenvalue weighted by Gasteiger charge is -2.27. The Balaban J connectivity index is 1.43. The molecule has 1 atom stereocenters. The molecule has 2 N–H and O–H groups in total. The minimum Gasteiger partial charge on any atom is -0.381 e. The molecule has 0 saturated carbocycles. The van der Waals surface area contributed by atoms with E-state index in [0.717, 1.165) is 31.6 Å². The second-order valence-corrected chi connectivity index (χ2v) is 4.25. The van der Waals surface area contributed by atoms with Crippen molar-refractivity contribution in [2.45, 2.75) is 12.8 Å². The first-order valence-corrected chi connectivity index (χ1v) is 5.44. The highest BCUT2D eigenvalue weighted by molar-refractivity contribution is 4.75. The molecule has 3 nitrogen and oxygen atoms in total. The molecule has 1 unspecified atom stereocenters. The van der Waals surface area contributed by atoms with Crippen LogP contribution in [-0.2, 0) is 4.74 Å². The van der Waals surface area contributed by atoms with Crippen LogP contribution in [0.25, 0.3) is 0 Å². The maximum Gasteiger partial charge on any atom is 0.0507 e. The fraction of sp³-hybridized carbons (Fsp3) is 1.00. The molecule has 0 aromatic heterocycles. The summed E-state index contributed by atoms with van der Waals surface area (Å²) in [5.41, 5.74) is 0. The SMILES string of the molecule is C(CC1CNC1)NCC1CCOC1. The highest BCUT2D eigenvalue weighted by Gasteiger charge is 2.17. The highest BCUT2D eigenvalue weighted by atomic mass is 16.5. The third-order valence-corrected chi connectivity index (χ3v) is 3.05. The minimum absolute atomic E-state index is 0.777. The lowest BCUT2D eigenvalue weighted by Crippen LogP contribution is -2.43. The second-order valence-electron chi connectivity index (χ2n) is 4.25. The molecule has 0 aromatic rings. The Morgan fingerprint density at radius 1 is 1.31 bits per heavy atom. The van der Waals surface area contributed by atoms with Crippen molar-refractivity contribution < 1.29 is 4.74 Å². The Morgan fingerprint density at radius 2 is 2.23 bits per heavy atom. The predicted octanol–water partition coefficient (Wildman–Crippen LogP) is 0.222. The highest BCUT2D eigenvalue weighted by Crippen LogP contribution is 2.11. The molecule has 0 amide bonds. The van der Waals surface area contributed by atoms with Gasteiger partial charge in [0.2, 0.25) is 0 Å². The Bertz CT molecular complexity index is 142. The van der Waals surface area contributed by atoms with Gasteiger partial charge in [-0.25, -0.2) is 0 Å². The van der Waals surface area contributed by atoms with Crippen LogP contribution in [0.4, 0.5) is 0 Å². The van der Waals surface area contributed by atoms with Gasteiger partial charge in [0.1, 0.15) is 0 Å². The summed E-state index contributed by atoms with van der Waals surface area (Å²) in [5.74, 6) is 1.71. The van der Waals surface area contributed by atoms with Crippen molar-refractivity contribution in [3.63, 3.8) is 0 Å². The lowest BCUT2D eigenvalue weighted by atomic mass is 9.99. The predicted molar refractivity (Wildman–Crippen MR) is 52.8 cm³/mol. The molecule has 0 aromatic carbocycles. The van der Waals surface area contributed by atoms with Crippen molar-refractivity contribution in [2.75, 3.05) is 39.4 Å². The third-order valence-electron chi connectivity index (χ3n) is 3.05. The van der Waals surface area contributed by atoms with Crippen LogP contribution >= 0.6 is 0 Å². The van der Waals surface area contributed by atoms with Gasteiger partial charge < -0.3 is 15.4 Å². The van der Waals surface area contributed by atoms with E-state index in [2.05, 4.69) is 10.6 Å². The molecule has 13 heavy (non-hydrogen) atoms. The third kappa shape index (κ3) is 2.93. The van der Waals surface area contributed by atoms with Crippen LogP contribution in [0.5, 0.6) is 0 Å². The minimum atomic E-state index is 0.777. The van der Waals surface area contributed by atoms with Crippen molar-refractivity contribution in [1.82, 2.24) is 10.6 Å². The maximum atomic E-state index is 5.32. The van der Waals surface area contributed by atoms with Crippen LogP contribution in [0.15, 0.2) is 0 Å².